The number of piperazine rings is 1. The number of hydrogen-bond donors (Lipinski definition) is 1. The van der Waals surface area contributed by atoms with Crippen LogP contribution in [0.15, 0.2) is 24.3 Å². The van der Waals surface area contributed by atoms with Gasteiger partial charge in [0.25, 0.3) is 0 Å². The second-order valence-electron chi connectivity index (χ2n) is 4.79. The van der Waals surface area contributed by atoms with E-state index in [1.807, 2.05) is 11.0 Å². The summed E-state index contributed by atoms with van der Waals surface area (Å²) in [6, 6.07) is 6.83. The van der Waals surface area contributed by atoms with E-state index in [2.05, 4.69) is 4.90 Å². The number of benzene rings is 1. The molecule has 0 aliphatic carbocycles. The molecule has 0 unspecified atom stereocenters. The van der Waals surface area contributed by atoms with Crippen LogP contribution in [-0.2, 0) is 11.3 Å². The SMILES string of the molecule is NCCC(=O)N1CCN(Cc2ccccc2F)CC1. The summed E-state index contributed by atoms with van der Waals surface area (Å²) < 4.78 is 13.5. The van der Waals surface area contributed by atoms with Gasteiger partial charge in [0.15, 0.2) is 0 Å². The molecule has 1 aromatic rings. The first-order valence-corrected chi connectivity index (χ1v) is 6.64. The van der Waals surface area contributed by atoms with Gasteiger partial charge in [-0.05, 0) is 6.07 Å². The third-order valence-corrected chi connectivity index (χ3v) is 3.43. The molecule has 19 heavy (non-hydrogen) atoms. The minimum atomic E-state index is -0.163. The topological polar surface area (TPSA) is 49.6 Å². The van der Waals surface area contributed by atoms with Crippen molar-refractivity contribution >= 4 is 5.91 Å². The Labute approximate surface area is 113 Å². The number of amides is 1. The first-order chi connectivity index (χ1) is 9.20. The van der Waals surface area contributed by atoms with Crippen LogP contribution < -0.4 is 5.73 Å². The summed E-state index contributed by atoms with van der Waals surface area (Å²) >= 11 is 0. The predicted molar refractivity (Wildman–Crippen MR) is 71.9 cm³/mol. The fraction of sp³-hybridized carbons (Fsp3) is 0.500. The monoisotopic (exact) mass is 265 g/mol. The van der Waals surface area contributed by atoms with Gasteiger partial charge in [-0.3, -0.25) is 9.69 Å². The first kappa shape index (κ1) is 14.0. The molecule has 1 aliphatic rings. The molecule has 4 nitrogen and oxygen atoms in total. The predicted octanol–water partition coefficient (Wildman–Crippen LogP) is 0.819. The number of hydrogen-bond acceptors (Lipinski definition) is 3. The molecule has 0 saturated carbocycles. The van der Waals surface area contributed by atoms with Crippen molar-refractivity contribution in [1.29, 1.82) is 0 Å². The maximum absolute atomic E-state index is 13.5. The highest BCUT2D eigenvalue weighted by Gasteiger charge is 2.20. The average Bonchev–Trinajstić information content (AvgIpc) is 2.42. The van der Waals surface area contributed by atoms with E-state index in [1.165, 1.54) is 6.07 Å². The standard InChI is InChI=1S/C14H20FN3O/c15-13-4-2-1-3-12(13)11-17-7-9-18(10-8-17)14(19)5-6-16/h1-4H,5-11,16H2. The summed E-state index contributed by atoms with van der Waals surface area (Å²) in [6.07, 6.45) is 0.410. The second kappa shape index (κ2) is 6.63. The molecule has 5 heteroatoms. The van der Waals surface area contributed by atoms with Gasteiger partial charge in [-0.15, -0.1) is 0 Å². The fourth-order valence-electron chi connectivity index (χ4n) is 2.30. The van der Waals surface area contributed by atoms with Crippen LogP contribution in [0.2, 0.25) is 0 Å². The Balaban J connectivity index is 1.84. The van der Waals surface area contributed by atoms with Gasteiger partial charge in [-0.1, -0.05) is 18.2 Å². The maximum Gasteiger partial charge on any atom is 0.223 e. The largest absolute Gasteiger partial charge is 0.340 e. The van der Waals surface area contributed by atoms with Gasteiger partial charge in [0.05, 0.1) is 0 Å². The number of halogens is 1. The molecule has 1 saturated heterocycles. The third-order valence-electron chi connectivity index (χ3n) is 3.43. The molecule has 2 N–H and O–H groups in total. The van der Waals surface area contributed by atoms with Crippen LogP contribution in [0, 0.1) is 5.82 Å². The van der Waals surface area contributed by atoms with Gasteiger partial charge in [0.1, 0.15) is 5.82 Å². The van der Waals surface area contributed by atoms with E-state index in [-0.39, 0.29) is 11.7 Å². The van der Waals surface area contributed by atoms with Crippen LogP contribution >= 0.6 is 0 Å². The Bertz CT molecular complexity index is 430. The van der Waals surface area contributed by atoms with Gasteiger partial charge < -0.3 is 10.6 Å². The van der Waals surface area contributed by atoms with Crippen LogP contribution in [0.25, 0.3) is 0 Å². The molecular formula is C14H20FN3O. The van der Waals surface area contributed by atoms with E-state index in [0.29, 0.717) is 38.2 Å². The Morgan fingerprint density at radius 2 is 1.89 bits per heavy atom. The van der Waals surface area contributed by atoms with Crippen LogP contribution in [0.3, 0.4) is 0 Å². The fourth-order valence-corrected chi connectivity index (χ4v) is 2.30. The number of carbonyl (C=O) groups excluding carboxylic acids is 1. The van der Waals surface area contributed by atoms with Crippen molar-refractivity contribution in [2.24, 2.45) is 5.73 Å². The van der Waals surface area contributed by atoms with Crippen molar-refractivity contribution in [3.8, 4) is 0 Å². The Morgan fingerprint density at radius 1 is 1.21 bits per heavy atom. The van der Waals surface area contributed by atoms with Crippen molar-refractivity contribution in [3.05, 3.63) is 35.6 Å². The molecule has 1 heterocycles. The minimum absolute atomic E-state index is 0.119. The van der Waals surface area contributed by atoms with Gasteiger partial charge in [0, 0.05) is 51.3 Å². The van der Waals surface area contributed by atoms with Gasteiger partial charge in [0.2, 0.25) is 5.91 Å². The first-order valence-electron chi connectivity index (χ1n) is 6.64. The lowest BCUT2D eigenvalue weighted by atomic mass is 10.2. The lowest BCUT2D eigenvalue weighted by Crippen LogP contribution is -2.48. The van der Waals surface area contributed by atoms with Crippen molar-refractivity contribution in [2.45, 2.75) is 13.0 Å². The van der Waals surface area contributed by atoms with Crippen LogP contribution in [-0.4, -0.2) is 48.4 Å². The highest BCUT2D eigenvalue weighted by Crippen LogP contribution is 2.12. The number of nitrogens with zero attached hydrogens (tertiary/aromatic N) is 2. The molecule has 1 amide bonds. The van der Waals surface area contributed by atoms with E-state index >= 15 is 0 Å². The molecule has 1 fully saturated rings. The second-order valence-corrected chi connectivity index (χ2v) is 4.79. The highest BCUT2D eigenvalue weighted by molar-refractivity contribution is 5.76. The van der Waals surface area contributed by atoms with E-state index < -0.39 is 0 Å². The molecule has 104 valence electrons. The number of carbonyl (C=O) groups is 1. The lowest BCUT2D eigenvalue weighted by molar-refractivity contribution is -0.132. The molecule has 0 atom stereocenters. The van der Waals surface area contributed by atoms with Crippen LogP contribution in [0.5, 0.6) is 0 Å². The van der Waals surface area contributed by atoms with Crippen molar-refractivity contribution in [1.82, 2.24) is 9.80 Å². The number of nitrogens with two attached hydrogens (primary N) is 1. The Kier molecular flexibility index (Phi) is 4.87. The van der Waals surface area contributed by atoms with Crippen LogP contribution in [0.1, 0.15) is 12.0 Å². The van der Waals surface area contributed by atoms with E-state index in [4.69, 9.17) is 5.73 Å². The van der Waals surface area contributed by atoms with E-state index in [9.17, 15) is 9.18 Å². The van der Waals surface area contributed by atoms with Gasteiger partial charge >= 0.3 is 0 Å². The summed E-state index contributed by atoms with van der Waals surface area (Å²) in [6.45, 7) is 3.97. The van der Waals surface area contributed by atoms with E-state index in [1.54, 1.807) is 12.1 Å². The van der Waals surface area contributed by atoms with Crippen molar-refractivity contribution in [2.75, 3.05) is 32.7 Å². The third kappa shape index (κ3) is 3.75. The zero-order chi connectivity index (χ0) is 13.7. The zero-order valence-corrected chi connectivity index (χ0v) is 11.0. The molecule has 0 spiro atoms. The molecule has 0 bridgehead atoms. The van der Waals surface area contributed by atoms with E-state index in [0.717, 1.165) is 13.1 Å². The molecule has 2 rings (SSSR count). The number of rotatable bonds is 4. The quantitative estimate of drug-likeness (QED) is 0.877. The maximum atomic E-state index is 13.5. The summed E-state index contributed by atoms with van der Waals surface area (Å²) in [5, 5.41) is 0. The lowest BCUT2D eigenvalue weighted by Gasteiger charge is -2.34. The molecule has 1 aliphatic heterocycles. The Morgan fingerprint density at radius 3 is 2.53 bits per heavy atom. The molecular weight excluding hydrogens is 245 g/mol. The zero-order valence-electron chi connectivity index (χ0n) is 11.0. The average molecular weight is 265 g/mol. The normalized spacial score (nSPS) is 16.6. The summed E-state index contributed by atoms with van der Waals surface area (Å²) in [5.41, 5.74) is 6.09. The summed E-state index contributed by atoms with van der Waals surface area (Å²) in [4.78, 5) is 15.7. The molecule has 0 aromatic heterocycles. The van der Waals surface area contributed by atoms with Crippen molar-refractivity contribution < 1.29 is 9.18 Å². The van der Waals surface area contributed by atoms with Gasteiger partial charge in [-0.2, -0.15) is 0 Å². The summed E-state index contributed by atoms with van der Waals surface area (Å²) in [5.74, 6) is -0.0443. The smallest absolute Gasteiger partial charge is 0.223 e. The Hall–Kier alpha value is -1.46. The van der Waals surface area contributed by atoms with Crippen LogP contribution in [0.4, 0.5) is 4.39 Å². The highest BCUT2D eigenvalue weighted by atomic mass is 19.1. The molecule has 0 radical (unpaired) electrons. The summed E-state index contributed by atoms with van der Waals surface area (Å²) in [7, 11) is 0. The molecule has 1 aromatic carbocycles. The minimum Gasteiger partial charge on any atom is -0.340 e. The van der Waals surface area contributed by atoms with Gasteiger partial charge in [-0.25, -0.2) is 4.39 Å². The van der Waals surface area contributed by atoms with Crippen molar-refractivity contribution in [3.63, 3.8) is 0 Å².